The fourth-order valence-corrected chi connectivity index (χ4v) is 3.12. The van der Waals surface area contributed by atoms with Gasteiger partial charge in [0.05, 0.1) is 9.40 Å². The molecule has 0 aromatic heterocycles. The van der Waals surface area contributed by atoms with E-state index in [1.165, 1.54) is 12.8 Å². The first kappa shape index (κ1) is 15.4. The Bertz CT molecular complexity index is 473. The van der Waals surface area contributed by atoms with E-state index in [4.69, 9.17) is 5.73 Å². The first-order valence-corrected chi connectivity index (χ1v) is 7.74. The predicted molar refractivity (Wildman–Crippen MR) is 82.5 cm³/mol. The lowest BCUT2D eigenvalue weighted by Crippen LogP contribution is -2.33. The SMILES string of the molecule is NCCC1CCN(Cc2ccc(Br)c([N+](=O)[O-])c2)CC1. The van der Waals surface area contributed by atoms with E-state index in [0.717, 1.165) is 44.1 Å². The van der Waals surface area contributed by atoms with Crippen molar-refractivity contribution < 1.29 is 4.92 Å². The summed E-state index contributed by atoms with van der Waals surface area (Å²) in [4.78, 5) is 12.9. The van der Waals surface area contributed by atoms with E-state index in [0.29, 0.717) is 4.47 Å². The summed E-state index contributed by atoms with van der Waals surface area (Å²) < 4.78 is 0.535. The summed E-state index contributed by atoms with van der Waals surface area (Å²) in [6.45, 7) is 3.65. The van der Waals surface area contributed by atoms with Crippen LogP contribution < -0.4 is 5.73 Å². The van der Waals surface area contributed by atoms with E-state index >= 15 is 0 Å². The minimum atomic E-state index is -0.346. The Labute approximate surface area is 127 Å². The monoisotopic (exact) mass is 341 g/mol. The maximum Gasteiger partial charge on any atom is 0.283 e. The molecule has 1 heterocycles. The highest BCUT2D eigenvalue weighted by atomic mass is 79.9. The molecule has 1 aliphatic rings. The number of nitrogens with zero attached hydrogens (tertiary/aromatic N) is 2. The zero-order valence-electron chi connectivity index (χ0n) is 11.4. The third kappa shape index (κ3) is 4.01. The topological polar surface area (TPSA) is 72.4 Å². The van der Waals surface area contributed by atoms with E-state index in [2.05, 4.69) is 20.8 Å². The highest BCUT2D eigenvalue weighted by Crippen LogP contribution is 2.27. The third-order valence-corrected chi connectivity index (χ3v) is 4.57. The normalized spacial score (nSPS) is 17.3. The van der Waals surface area contributed by atoms with Gasteiger partial charge in [-0.3, -0.25) is 15.0 Å². The van der Waals surface area contributed by atoms with Gasteiger partial charge in [0.25, 0.3) is 5.69 Å². The third-order valence-electron chi connectivity index (χ3n) is 3.90. The maximum atomic E-state index is 10.9. The van der Waals surface area contributed by atoms with Gasteiger partial charge in [0.15, 0.2) is 0 Å². The summed E-state index contributed by atoms with van der Waals surface area (Å²) in [5.74, 6) is 0.746. The minimum Gasteiger partial charge on any atom is -0.330 e. The van der Waals surface area contributed by atoms with Crippen LogP contribution in [-0.2, 0) is 6.54 Å². The Morgan fingerprint density at radius 2 is 2.10 bits per heavy atom. The lowest BCUT2D eigenvalue weighted by Gasteiger charge is -2.31. The molecule has 110 valence electrons. The summed E-state index contributed by atoms with van der Waals surface area (Å²) in [6.07, 6.45) is 3.46. The second-order valence-electron chi connectivity index (χ2n) is 5.34. The summed E-state index contributed by atoms with van der Waals surface area (Å²) in [5, 5.41) is 10.9. The number of rotatable bonds is 5. The molecule has 1 saturated heterocycles. The van der Waals surface area contributed by atoms with Crippen molar-refractivity contribution in [2.75, 3.05) is 19.6 Å². The van der Waals surface area contributed by atoms with Gasteiger partial charge >= 0.3 is 0 Å². The van der Waals surface area contributed by atoms with Gasteiger partial charge in [-0.2, -0.15) is 0 Å². The van der Waals surface area contributed by atoms with Crippen LogP contribution in [0.4, 0.5) is 5.69 Å². The van der Waals surface area contributed by atoms with E-state index in [9.17, 15) is 10.1 Å². The lowest BCUT2D eigenvalue weighted by molar-refractivity contribution is -0.385. The van der Waals surface area contributed by atoms with E-state index < -0.39 is 0 Å². The highest BCUT2D eigenvalue weighted by molar-refractivity contribution is 9.10. The second kappa shape index (κ2) is 7.15. The van der Waals surface area contributed by atoms with Crippen LogP contribution in [0, 0.1) is 16.0 Å². The Morgan fingerprint density at radius 3 is 2.70 bits per heavy atom. The molecule has 0 bridgehead atoms. The van der Waals surface area contributed by atoms with E-state index in [1.54, 1.807) is 12.1 Å². The molecule has 1 aliphatic heterocycles. The molecule has 0 atom stereocenters. The second-order valence-corrected chi connectivity index (χ2v) is 6.19. The number of nitro benzene ring substituents is 1. The summed E-state index contributed by atoms with van der Waals surface area (Å²) >= 11 is 3.21. The number of nitro groups is 1. The van der Waals surface area contributed by atoms with Crippen LogP contribution >= 0.6 is 15.9 Å². The number of likely N-dealkylation sites (tertiary alicyclic amines) is 1. The van der Waals surface area contributed by atoms with Gasteiger partial charge in [-0.25, -0.2) is 0 Å². The summed E-state index contributed by atoms with van der Waals surface area (Å²) in [5.41, 5.74) is 6.73. The molecule has 0 saturated carbocycles. The zero-order valence-corrected chi connectivity index (χ0v) is 13.0. The molecule has 20 heavy (non-hydrogen) atoms. The Kier molecular flexibility index (Phi) is 5.51. The van der Waals surface area contributed by atoms with Gasteiger partial charge in [0, 0.05) is 12.6 Å². The van der Waals surface area contributed by atoms with Gasteiger partial charge in [0.1, 0.15) is 0 Å². The number of hydrogen-bond acceptors (Lipinski definition) is 4. The molecule has 1 fully saturated rings. The number of nitrogens with two attached hydrogens (primary N) is 1. The summed E-state index contributed by atoms with van der Waals surface area (Å²) in [6, 6.07) is 5.37. The predicted octanol–water partition coefficient (Wildman–Crippen LogP) is 2.92. The molecule has 2 N–H and O–H groups in total. The molecular weight excluding hydrogens is 322 g/mol. The Balaban J connectivity index is 1.94. The van der Waals surface area contributed by atoms with Gasteiger partial charge in [-0.05, 0) is 72.4 Å². The number of benzene rings is 1. The van der Waals surface area contributed by atoms with Crippen LogP contribution in [-0.4, -0.2) is 29.5 Å². The first-order chi connectivity index (χ1) is 9.60. The average Bonchev–Trinajstić information content (AvgIpc) is 2.43. The van der Waals surface area contributed by atoms with Crippen LogP contribution in [0.15, 0.2) is 22.7 Å². The highest BCUT2D eigenvalue weighted by Gasteiger charge is 2.19. The van der Waals surface area contributed by atoms with Crippen molar-refractivity contribution in [3.63, 3.8) is 0 Å². The van der Waals surface area contributed by atoms with E-state index in [-0.39, 0.29) is 10.6 Å². The minimum absolute atomic E-state index is 0.139. The molecule has 0 unspecified atom stereocenters. The summed E-state index contributed by atoms with van der Waals surface area (Å²) in [7, 11) is 0. The Morgan fingerprint density at radius 1 is 1.40 bits per heavy atom. The molecule has 1 aromatic rings. The molecule has 0 aliphatic carbocycles. The molecule has 0 spiro atoms. The standard InChI is InChI=1S/C14H20BrN3O2/c15-13-2-1-12(9-14(13)18(19)20)10-17-7-4-11(3-6-16)5-8-17/h1-2,9,11H,3-8,10,16H2. The van der Waals surface area contributed by atoms with Gasteiger partial charge < -0.3 is 5.73 Å². The molecule has 5 nitrogen and oxygen atoms in total. The number of hydrogen-bond donors (Lipinski definition) is 1. The largest absolute Gasteiger partial charge is 0.330 e. The maximum absolute atomic E-state index is 10.9. The molecule has 6 heteroatoms. The fourth-order valence-electron chi connectivity index (χ4n) is 2.72. The van der Waals surface area contributed by atoms with Crippen LogP contribution in [0.1, 0.15) is 24.8 Å². The van der Waals surface area contributed by atoms with Crippen LogP contribution in [0.3, 0.4) is 0 Å². The van der Waals surface area contributed by atoms with Crippen molar-refractivity contribution in [2.45, 2.75) is 25.8 Å². The molecule has 2 rings (SSSR count). The fraction of sp³-hybridized carbons (Fsp3) is 0.571. The number of halogens is 1. The van der Waals surface area contributed by atoms with E-state index in [1.807, 2.05) is 6.07 Å². The number of piperidine rings is 1. The van der Waals surface area contributed by atoms with Crippen molar-refractivity contribution in [3.05, 3.63) is 38.3 Å². The molecule has 0 radical (unpaired) electrons. The molecular formula is C14H20BrN3O2. The van der Waals surface area contributed by atoms with Crippen molar-refractivity contribution in [1.29, 1.82) is 0 Å². The molecule has 1 aromatic carbocycles. The van der Waals surface area contributed by atoms with Gasteiger partial charge in [-0.1, -0.05) is 6.07 Å². The lowest BCUT2D eigenvalue weighted by atomic mass is 9.93. The van der Waals surface area contributed by atoms with Gasteiger partial charge in [0.2, 0.25) is 0 Å². The van der Waals surface area contributed by atoms with Crippen molar-refractivity contribution in [3.8, 4) is 0 Å². The van der Waals surface area contributed by atoms with Crippen LogP contribution in [0.25, 0.3) is 0 Å². The van der Waals surface area contributed by atoms with Crippen molar-refractivity contribution in [1.82, 2.24) is 4.90 Å². The van der Waals surface area contributed by atoms with Crippen molar-refractivity contribution >= 4 is 21.6 Å². The quantitative estimate of drug-likeness (QED) is 0.660. The van der Waals surface area contributed by atoms with Crippen molar-refractivity contribution in [2.24, 2.45) is 11.7 Å². The zero-order chi connectivity index (χ0) is 14.5. The van der Waals surface area contributed by atoms with Crippen LogP contribution in [0.2, 0.25) is 0 Å². The van der Waals surface area contributed by atoms with Gasteiger partial charge in [-0.15, -0.1) is 0 Å². The smallest absolute Gasteiger partial charge is 0.283 e. The van der Waals surface area contributed by atoms with Crippen LogP contribution in [0.5, 0.6) is 0 Å². The average molecular weight is 342 g/mol. The Hall–Kier alpha value is -0.980. The first-order valence-electron chi connectivity index (χ1n) is 6.95. The molecule has 0 amide bonds.